The first-order valence-corrected chi connectivity index (χ1v) is 6.45. The van der Waals surface area contributed by atoms with Crippen molar-refractivity contribution in [2.75, 3.05) is 0 Å². The third-order valence-corrected chi connectivity index (χ3v) is 3.03. The molecule has 0 atom stereocenters. The molecule has 5 heteroatoms. The lowest BCUT2D eigenvalue weighted by molar-refractivity contribution is 0.276. The Kier molecular flexibility index (Phi) is 4.15. The molecule has 1 N–H and O–H groups in total. The molecule has 0 spiro atoms. The molecule has 0 aliphatic rings. The SMILES string of the molecule is OCc1cc(Br)ccc1Oc1cncc(Br)c1. The highest BCUT2D eigenvalue weighted by atomic mass is 79.9. The van der Waals surface area contributed by atoms with Crippen molar-refractivity contribution in [3.8, 4) is 11.5 Å². The highest BCUT2D eigenvalue weighted by molar-refractivity contribution is 9.10. The van der Waals surface area contributed by atoms with Gasteiger partial charge in [-0.2, -0.15) is 0 Å². The second kappa shape index (κ2) is 5.62. The van der Waals surface area contributed by atoms with Crippen molar-refractivity contribution in [1.82, 2.24) is 4.98 Å². The number of aliphatic hydroxyl groups is 1. The fraction of sp³-hybridized carbons (Fsp3) is 0.0833. The molecule has 1 aromatic heterocycles. The van der Waals surface area contributed by atoms with E-state index in [2.05, 4.69) is 36.8 Å². The molecular weight excluding hydrogens is 350 g/mol. The number of hydrogen-bond donors (Lipinski definition) is 1. The van der Waals surface area contributed by atoms with Gasteiger partial charge in [-0.15, -0.1) is 0 Å². The lowest BCUT2D eigenvalue weighted by Crippen LogP contribution is -1.92. The minimum Gasteiger partial charge on any atom is -0.455 e. The summed E-state index contributed by atoms with van der Waals surface area (Å²) in [7, 11) is 0. The second-order valence-electron chi connectivity index (χ2n) is 3.35. The summed E-state index contributed by atoms with van der Waals surface area (Å²) in [4.78, 5) is 4.01. The average Bonchev–Trinajstić information content (AvgIpc) is 2.31. The molecule has 88 valence electrons. The molecule has 0 aliphatic heterocycles. The molecular formula is C12H9Br2NO2. The largest absolute Gasteiger partial charge is 0.455 e. The summed E-state index contributed by atoms with van der Waals surface area (Å²) in [5.74, 6) is 1.24. The van der Waals surface area contributed by atoms with Gasteiger partial charge >= 0.3 is 0 Å². The second-order valence-corrected chi connectivity index (χ2v) is 5.18. The number of benzene rings is 1. The van der Waals surface area contributed by atoms with Gasteiger partial charge in [-0.1, -0.05) is 15.9 Å². The maximum absolute atomic E-state index is 9.25. The van der Waals surface area contributed by atoms with E-state index in [1.54, 1.807) is 18.5 Å². The monoisotopic (exact) mass is 357 g/mol. The molecule has 1 aromatic carbocycles. The van der Waals surface area contributed by atoms with E-state index in [4.69, 9.17) is 4.74 Å². The van der Waals surface area contributed by atoms with E-state index >= 15 is 0 Å². The van der Waals surface area contributed by atoms with Gasteiger partial charge in [-0.25, -0.2) is 0 Å². The van der Waals surface area contributed by atoms with Crippen LogP contribution in [0.25, 0.3) is 0 Å². The zero-order valence-electron chi connectivity index (χ0n) is 8.73. The van der Waals surface area contributed by atoms with Gasteiger partial charge in [-0.3, -0.25) is 4.98 Å². The van der Waals surface area contributed by atoms with Crippen LogP contribution in [0.4, 0.5) is 0 Å². The first-order chi connectivity index (χ1) is 8.19. The molecule has 2 aromatic rings. The van der Waals surface area contributed by atoms with Crippen LogP contribution in [0.3, 0.4) is 0 Å². The third kappa shape index (κ3) is 3.28. The maximum atomic E-state index is 9.25. The van der Waals surface area contributed by atoms with E-state index < -0.39 is 0 Å². The van der Waals surface area contributed by atoms with Gasteiger partial charge in [0.15, 0.2) is 0 Å². The molecule has 0 saturated heterocycles. The molecule has 0 fully saturated rings. The Labute approximate surface area is 116 Å². The summed E-state index contributed by atoms with van der Waals surface area (Å²) in [6, 6.07) is 7.30. The highest BCUT2D eigenvalue weighted by Crippen LogP contribution is 2.28. The predicted octanol–water partition coefficient (Wildman–Crippen LogP) is 3.89. The lowest BCUT2D eigenvalue weighted by atomic mass is 10.2. The van der Waals surface area contributed by atoms with Gasteiger partial charge in [-0.05, 0) is 40.2 Å². The smallest absolute Gasteiger partial charge is 0.146 e. The van der Waals surface area contributed by atoms with Gasteiger partial charge < -0.3 is 9.84 Å². The zero-order chi connectivity index (χ0) is 12.3. The number of hydrogen-bond acceptors (Lipinski definition) is 3. The predicted molar refractivity (Wildman–Crippen MR) is 72.1 cm³/mol. The highest BCUT2D eigenvalue weighted by Gasteiger charge is 2.05. The van der Waals surface area contributed by atoms with Crippen LogP contribution in [-0.4, -0.2) is 10.1 Å². The Morgan fingerprint density at radius 2 is 1.94 bits per heavy atom. The van der Waals surface area contributed by atoms with E-state index in [9.17, 15) is 5.11 Å². The van der Waals surface area contributed by atoms with Crippen molar-refractivity contribution in [2.24, 2.45) is 0 Å². The number of rotatable bonds is 3. The van der Waals surface area contributed by atoms with Crippen molar-refractivity contribution < 1.29 is 9.84 Å². The lowest BCUT2D eigenvalue weighted by Gasteiger charge is -2.09. The molecule has 0 bridgehead atoms. The number of pyridine rings is 1. The van der Waals surface area contributed by atoms with Gasteiger partial charge in [0.05, 0.1) is 12.8 Å². The van der Waals surface area contributed by atoms with Crippen LogP contribution in [0.1, 0.15) is 5.56 Å². The van der Waals surface area contributed by atoms with Crippen molar-refractivity contribution in [2.45, 2.75) is 6.61 Å². The van der Waals surface area contributed by atoms with E-state index in [0.29, 0.717) is 11.5 Å². The summed E-state index contributed by atoms with van der Waals surface area (Å²) >= 11 is 6.67. The zero-order valence-corrected chi connectivity index (χ0v) is 11.9. The normalized spacial score (nSPS) is 10.3. The Morgan fingerprint density at radius 3 is 2.65 bits per heavy atom. The van der Waals surface area contributed by atoms with Gasteiger partial charge in [0.25, 0.3) is 0 Å². The molecule has 3 nitrogen and oxygen atoms in total. The third-order valence-electron chi connectivity index (χ3n) is 2.10. The van der Waals surface area contributed by atoms with Crippen LogP contribution >= 0.6 is 31.9 Å². The molecule has 0 radical (unpaired) electrons. The maximum Gasteiger partial charge on any atom is 0.146 e. The van der Waals surface area contributed by atoms with Crippen LogP contribution < -0.4 is 4.74 Å². The van der Waals surface area contributed by atoms with Crippen molar-refractivity contribution in [3.63, 3.8) is 0 Å². The summed E-state index contributed by atoms with van der Waals surface area (Å²) in [5, 5.41) is 9.25. The Morgan fingerprint density at radius 1 is 1.12 bits per heavy atom. The summed E-state index contributed by atoms with van der Waals surface area (Å²) in [6.45, 7) is -0.0732. The number of aromatic nitrogens is 1. The van der Waals surface area contributed by atoms with E-state index in [0.717, 1.165) is 14.5 Å². The Hall–Kier alpha value is -0.910. The van der Waals surface area contributed by atoms with Crippen LogP contribution in [0, 0.1) is 0 Å². The molecule has 2 rings (SSSR count). The van der Waals surface area contributed by atoms with E-state index in [-0.39, 0.29) is 6.61 Å². The number of halogens is 2. The number of ether oxygens (including phenoxy) is 1. The molecule has 0 saturated carbocycles. The first kappa shape index (κ1) is 12.5. The summed E-state index contributed by atoms with van der Waals surface area (Å²) in [6.07, 6.45) is 3.30. The summed E-state index contributed by atoms with van der Waals surface area (Å²) < 4.78 is 7.41. The molecule has 0 amide bonds. The fourth-order valence-corrected chi connectivity index (χ4v) is 2.10. The van der Waals surface area contributed by atoms with Crippen LogP contribution in [0.2, 0.25) is 0 Å². The standard InChI is InChI=1S/C12H9Br2NO2/c13-9-1-2-12(8(3-9)7-16)17-11-4-10(14)5-15-6-11/h1-6,16H,7H2. The van der Waals surface area contributed by atoms with Crippen molar-refractivity contribution in [1.29, 1.82) is 0 Å². The van der Waals surface area contributed by atoms with Crippen LogP contribution in [0.15, 0.2) is 45.6 Å². The van der Waals surface area contributed by atoms with Crippen LogP contribution in [0.5, 0.6) is 11.5 Å². The van der Waals surface area contributed by atoms with E-state index in [1.807, 2.05) is 18.2 Å². The Balaban J connectivity index is 2.29. The van der Waals surface area contributed by atoms with E-state index in [1.165, 1.54) is 0 Å². The van der Waals surface area contributed by atoms with Crippen LogP contribution in [-0.2, 0) is 6.61 Å². The fourth-order valence-electron chi connectivity index (χ4n) is 1.35. The minimum atomic E-state index is -0.0732. The van der Waals surface area contributed by atoms with Crippen molar-refractivity contribution in [3.05, 3.63) is 51.2 Å². The molecule has 17 heavy (non-hydrogen) atoms. The Bertz CT molecular complexity index is 532. The number of aliphatic hydroxyl groups excluding tert-OH is 1. The quantitative estimate of drug-likeness (QED) is 0.904. The molecule has 1 heterocycles. The number of nitrogens with zero attached hydrogens (tertiary/aromatic N) is 1. The molecule has 0 unspecified atom stereocenters. The first-order valence-electron chi connectivity index (χ1n) is 4.87. The molecule has 0 aliphatic carbocycles. The van der Waals surface area contributed by atoms with Gasteiger partial charge in [0, 0.05) is 20.7 Å². The summed E-state index contributed by atoms with van der Waals surface area (Å²) in [5.41, 5.74) is 0.722. The average molecular weight is 359 g/mol. The van der Waals surface area contributed by atoms with Gasteiger partial charge in [0.1, 0.15) is 11.5 Å². The topological polar surface area (TPSA) is 42.4 Å². The van der Waals surface area contributed by atoms with Gasteiger partial charge in [0.2, 0.25) is 0 Å². The minimum absolute atomic E-state index is 0.0732. The van der Waals surface area contributed by atoms with Crippen molar-refractivity contribution >= 4 is 31.9 Å².